The summed E-state index contributed by atoms with van der Waals surface area (Å²) in [7, 11) is 0. The van der Waals surface area contributed by atoms with Gasteiger partial charge in [-0.2, -0.15) is 0 Å². The smallest absolute Gasteiger partial charge is 0.306 e. The van der Waals surface area contributed by atoms with Gasteiger partial charge in [0, 0.05) is 6.04 Å². The molecule has 2 rings (SSSR count). The number of hydrogen-bond donors (Lipinski definition) is 1. The lowest BCUT2D eigenvalue weighted by Gasteiger charge is -2.35. The molecule has 0 spiro atoms. The number of hydrogen-bond acceptors (Lipinski definition) is 2. The van der Waals surface area contributed by atoms with Crippen LogP contribution in [0.15, 0.2) is 18.2 Å². The van der Waals surface area contributed by atoms with Crippen molar-refractivity contribution in [1.29, 1.82) is 0 Å². The molecule has 0 saturated carbocycles. The minimum atomic E-state index is -0.711. The summed E-state index contributed by atoms with van der Waals surface area (Å²) < 4.78 is 13.1. The summed E-state index contributed by atoms with van der Waals surface area (Å²) in [5.74, 6) is -1.36. The number of rotatable bonds is 3. The quantitative estimate of drug-likeness (QED) is 0.926. The van der Waals surface area contributed by atoms with Gasteiger partial charge in [-0.1, -0.05) is 17.7 Å². The largest absolute Gasteiger partial charge is 0.481 e. The van der Waals surface area contributed by atoms with Gasteiger partial charge in [-0.15, -0.1) is 0 Å². The minimum absolute atomic E-state index is 0.118. The summed E-state index contributed by atoms with van der Waals surface area (Å²) in [5, 5.41) is 9.10. The van der Waals surface area contributed by atoms with Crippen molar-refractivity contribution in [2.45, 2.75) is 25.8 Å². The Labute approximate surface area is 117 Å². The van der Waals surface area contributed by atoms with E-state index < -0.39 is 11.8 Å². The molecule has 1 atom stereocenters. The Balaban J connectivity index is 2.02. The molecule has 0 aromatic heterocycles. The van der Waals surface area contributed by atoms with Crippen LogP contribution in [0, 0.1) is 11.7 Å². The molecule has 1 aliphatic rings. The van der Waals surface area contributed by atoms with Crippen LogP contribution in [0.5, 0.6) is 0 Å². The Morgan fingerprint density at radius 3 is 2.63 bits per heavy atom. The third kappa shape index (κ3) is 3.25. The van der Waals surface area contributed by atoms with Crippen LogP contribution in [-0.2, 0) is 4.79 Å². The fourth-order valence-electron chi connectivity index (χ4n) is 2.52. The van der Waals surface area contributed by atoms with E-state index >= 15 is 0 Å². The number of carbonyl (C=O) groups is 1. The Bertz CT molecular complexity index is 473. The van der Waals surface area contributed by atoms with E-state index in [1.807, 2.05) is 6.92 Å². The van der Waals surface area contributed by atoms with Gasteiger partial charge in [0.1, 0.15) is 5.82 Å². The molecule has 1 aromatic carbocycles. The first-order chi connectivity index (χ1) is 8.99. The molecule has 1 aromatic rings. The van der Waals surface area contributed by atoms with E-state index in [-0.39, 0.29) is 17.0 Å². The highest BCUT2D eigenvalue weighted by molar-refractivity contribution is 6.30. The topological polar surface area (TPSA) is 40.5 Å². The number of likely N-dealkylation sites (tertiary alicyclic amines) is 1. The normalized spacial score (nSPS) is 19.3. The summed E-state index contributed by atoms with van der Waals surface area (Å²) in [6, 6.07) is 4.87. The number of nitrogens with zero attached hydrogens (tertiary/aromatic N) is 1. The Kier molecular flexibility index (Phi) is 4.42. The standard InChI is InChI=1S/C14H17ClFNO2/c1-9(11-2-3-13(16)12(15)8-11)17-6-4-10(5-7-17)14(18)19/h2-3,8-10H,4-7H2,1H3,(H,18,19). The van der Waals surface area contributed by atoms with Crippen molar-refractivity contribution in [2.24, 2.45) is 5.92 Å². The second-order valence-electron chi connectivity index (χ2n) is 5.00. The van der Waals surface area contributed by atoms with Gasteiger partial charge in [-0.05, 0) is 50.6 Å². The molecule has 104 valence electrons. The molecular formula is C14H17ClFNO2. The Morgan fingerprint density at radius 1 is 1.47 bits per heavy atom. The molecule has 0 bridgehead atoms. The van der Waals surface area contributed by atoms with Gasteiger partial charge in [0.25, 0.3) is 0 Å². The summed E-state index contributed by atoms with van der Waals surface area (Å²) >= 11 is 5.79. The number of halogens is 2. The van der Waals surface area contributed by atoms with E-state index in [1.165, 1.54) is 6.07 Å². The van der Waals surface area contributed by atoms with Crippen LogP contribution in [0.25, 0.3) is 0 Å². The van der Waals surface area contributed by atoms with E-state index in [0.717, 1.165) is 18.7 Å². The molecule has 1 N–H and O–H groups in total. The number of benzene rings is 1. The number of aliphatic carboxylic acids is 1. The van der Waals surface area contributed by atoms with Crippen LogP contribution in [0.2, 0.25) is 5.02 Å². The molecular weight excluding hydrogens is 269 g/mol. The molecule has 3 nitrogen and oxygen atoms in total. The maximum Gasteiger partial charge on any atom is 0.306 e. The average Bonchev–Trinajstić information content (AvgIpc) is 2.41. The summed E-state index contributed by atoms with van der Waals surface area (Å²) in [4.78, 5) is 13.1. The maximum absolute atomic E-state index is 13.1. The lowest BCUT2D eigenvalue weighted by Crippen LogP contribution is -2.37. The van der Waals surface area contributed by atoms with Gasteiger partial charge >= 0.3 is 5.97 Å². The van der Waals surface area contributed by atoms with Gasteiger partial charge in [0.2, 0.25) is 0 Å². The van der Waals surface area contributed by atoms with Crippen molar-refractivity contribution in [1.82, 2.24) is 4.90 Å². The SMILES string of the molecule is CC(c1ccc(F)c(Cl)c1)N1CCC(C(=O)O)CC1. The van der Waals surface area contributed by atoms with Crippen molar-refractivity contribution in [3.05, 3.63) is 34.6 Å². The van der Waals surface area contributed by atoms with Gasteiger partial charge in [0.15, 0.2) is 0 Å². The van der Waals surface area contributed by atoms with Crippen molar-refractivity contribution in [3.8, 4) is 0 Å². The molecule has 5 heteroatoms. The van der Waals surface area contributed by atoms with Crippen LogP contribution < -0.4 is 0 Å². The van der Waals surface area contributed by atoms with Gasteiger partial charge in [-0.3, -0.25) is 9.69 Å². The second kappa shape index (κ2) is 5.88. The van der Waals surface area contributed by atoms with Gasteiger partial charge < -0.3 is 5.11 Å². The first kappa shape index (κ1) is 14.3. The Hall–Kier alpha value is -1.13. The molecule has 1 aliphatic heterocycles. The fourth-order valence-corrected chi connectivity index (χ4v) is 2.71. The van der Waals surface area contributed by atoms with Crippen LogP contribution in [0.3, 0.4) is 0 Å². The molecule has 1 heterocycles. The summed E-state index contributed by atoms with van der Waals surface area (Å²) in [6.07, 6.45) is 1.32. The molecule has 1 saturated heterocycles. The number of piperidine rings is 1. The molecule has 0 aliphatic carbocycles. The summed E-state index contributed by atoms with van der Waals surface area (Å²) in [6.45, 7) is 3.52. The Morgan fingerprint density at radius 2 is 2.11 bits per heavy atom. The third-order valence-corrected chi connectivity index (χ3v) is 4.14. The average molecular weight is 286 g/mol. The van der Waals surface area contributed by atoms with E-state index in [0.29, 0.717) is 12.8 Å². The molecule has 1 fully saturated rings. The lowest BCUT2D eigenvalue weighted by molar-refractivity contribution is -0.143. The van der Waals surface area contributed by atoms with Crippen molar-refractivity contribution in [2.75, 3.05) is 13.1 Å². The maximum atomic E-state index is 13.1. The number of carboxylic acids is 1. The van der Waals surface area contributed by atoms with Crippen molar-refractivity contribution >= 4 is 17.6 Å². The predicted octanol–water partition coefficient (Wildman–Crippen LogP) is 3.34. The summed E-state index contributed by atoms with van der Waals surface area (Å²) in [5.41, 5.74) is 0.958. The highest BCUT2D eigenvalue weighted by atomic mass is 35.5. The first-order valence-electron chi connectivity index (χ1n) is 6.41. The minimum Gasteiger partial charge on any atom is -0.481 e. The van der Waals surface area contributed by atoms with Crippen LogP contribution in [0.1, 0.15) is 31.4 Å². The monoisotopic (exact) mass is 285 g/mol. The molecule has 0 radical (unpaired) electrons. The fraction of sp³-hybridized carbons (Fsp3) is 0.500. The zero-order valence-corrected chi connectivity index (χ0v) is 11.5. The van der Waals surface area contributed by atoms with Gasteiger partial charge in [-0.25, -0.2) is 4.39 Å². The van der Waals surface area contributed by atoms with E-state index in [1.54, 1.807) is 12.1 Å². The van der Waals surface area contributed by atoms with Crippen LogP contribution in [0.4, 0.5) is 4.39 Å². The number of carboxylic acid groups (broad SMARTS) is 1. The predicted molar refractivity (Wildman–Crippen MR) is 71.8 cm³/mol. The first-order valence-corrected chi connectivity index (χ1v) is 6.78. The van der Waals surface area contributed by atoms with Crippen LogP contribution >= 0.6 is 11.6 Å². The molecule has 19 heavy (non-hydrogen) atoms. The zero-order valence-electron chi connectivity index (χ0n) is 10.8. The highest BCUT2D eigenvalue weighted by Gasteiger charge is 2.27. The molecule has 1 unspecified atom stereocenters. The van der Waals surface area contributed by atoms with Crippen LogP contribution in [-0.4, -0.2) is 29.1 Å². The van der Waals surface area contributed by atoms with Crippen molar-refractivity contribution < 1.29 is 14.3 Å². The van der Waals surface area contributed by atoms with E-state index in [9.17, 15) is 9.18 Å². The third-order valence-electron chi connectivity index (χ3n) is 3.85. The van der Waals surface area contributed by atoms with Crippen molar-refractivity contribution in [3.63, 3.8) is 0 Å². The van der Waals surface area contributed by atoms with E-state index in [4.69, 9.17) is 16.7 Å². The highest BCUT2D eigenvalue weighted by Crippen LogP contribution is 2.28. The second-order valence-corrected chi connectivity index (χ2v) is 5.41. The lowest BCUT2D eigenvalue weighted by atomic mass is 9.95. The van der Waals surface area contributed by atoms with Gasteiger partial charge in [0.05, 0.1) is 10.9 Å². The van der Waals surface area contributed by atoms with E-state index in [2.05, 4.69) is 4.90 Å². The zero-order chi connectivity index (χ0) is 14.0. The molecule has 0 amide bonds.